The van der Waals surface area contributed by atoms with Gasteiger partial charge in [-0.15, -0.1) is 0 Å². The SMILES string of the molecule is CC/C=C\C/C=C\C/C=C\C/C=C\CCCCCCC(=O)OCC(COC(=O)CCCCCCCCC/C=C\CCCCCCCCC)OC(=O)CCCCCC/C=C\C/C=C\C/C=C\C/C=C\CC. The van der Waals surface area contributed by atoms with Crippen molar-refractivity contribution >= 4 is 17.9 Å². The van der Waals surface area contributed by atoms with Crippen LogP contribution in [0.1, 0.15) is 258 Å². The van der Waals surface area contributed by atoms with Crippen molar-refractivity contribution in [2.45, 2.75) is 264 Å². The lowest BCUT2D eigenvalue weighted by Gasteiger charge is -2.18. The van der Waals surface area contributed by atoms with Gasteiger partial charge in [0.25, 0.3) is 0 Å². The monoisotopic (exact) mass is 971 g/mol. The molecule has 0 heterocycles. The highest BCUT2D eigenvalue weighted by Crippen LogP contribution is 2.14. The second kappa shape index (κ2) is 57.6. The van der Waals surface area contributed by atoms with Gasteiger partial charge >= 0.3 is 17.9 Å². The van der Waals surface area contributed by atoms with Crippen LogP contribution in [0.4, 0.5) is 0 Å². The first-order valence-electron chi connectivity index (χ1n) is 28.9. The molecule has 0 amide bonds. The van der Waals surface area contributed by atoms with Crippen LogP contribution in [0.3, 0.4) is 0 Å². The third-order valence-corrected chi connectivity index (χ3v) is 12.0. The minimum Gasteiger partial charge on any atom is -0.462 e. The molecule has 398 valence electrons. The van der Waals surface area contributed by atoms with Crippen LogP contribution in [0.2, 0.25) is 0 Å². The van der Waals surface area contributed by atoms with Crippen molar-refractivity contribution in [3.8, 4) is 0 Å². The number of esters is 3. The lowest BCUT2D eigenvalue weighted by molar-refractivity contribution is -0.167. The van der Waals surface area contributed by atoms with Gasteiger partial charge in [0.05, 0.1) is 0 Å². The van der Waals surface area contributed by atoms with Gasteiger partial charge in [-0.25, -0.2) is 0 Å². The number of carbonyl (C=O) groups is 3. The Balaban J connectivity index is 4.49. The number of ether oxygens (including phenoxy) is 3. The Kier molecular flexibility index (Phi) is 54.4. The minimum atomic E-state index is -0.806. The summed E-state index contributed by atoms with van der Waals surface area (Å²) in [6, 6.07) is 0. The predicted molar refractivity (Wildman–Crippen MR) is 302 cm³/mol. The van der Waals surface area contributed by atoms with Gasteiger partial charge in [0.2, 0.25) is 0 Å². The Bertz CT molecular complexity index is 1440. The molecule has 1 atom stereocenters. The first kappa shape index (κ1) is 66.1. The van der Waals surface area contributed by atoms with E-state index >= 15 is 0 Å². The smallest absolute Gasteiger partial charge is 0.306 e. The van der Waals surface area contributed by atoms with E-state index in [1.54, 1.807) is 0 Å². The van der Waals surface area contributed by atoms with Crippen LogP contribution in [0.15, 0.2) is 109 Å². The molecule has 0 radical (unpaired) electrons. The zero-order valence-electron chi connectivity index (χ0n) is 45.5. The maximum absolute atomic E-state index is 12.9. The van der Waals surface area contributed by atoms with Crippen molar-refractivity contribution in [3.63, 3.8) is 0 Å². The molecule has 0 aliphatic rings. The molecule has 0 aliphatic heterocycles. The number of allylic oxidation sites excluding steroid dienone is 18. The predicted octanol–water partition coefficient (Wildman–Crippen LogP) is 19.5. The van der Waals surface area contributed by atoms with Crippen LogP contribution in [0.25, 0.3) is 0 Å². The van der Waals surface area contributed by atoms with Crippen LogP contribution in [-0.2, 0) is 28.6 Å². The molecule has 1 unspecified atom stereocenters. The second-order valence-electron chi connectivity index (χ2n) is 18.8. The van der Waals surface area contributed by atoms with Crippen LogP contribution < -0.4 is 0 Å². The van der Waals surface area contributed by atoms with Gasteiger partial charge in [-0.1, -0.05) is 226 Å². The summed E-state index contributed by atoms with van der Waals surface area (Å²) in [4.78, 5) is 38.2. The maximum atomic E-state index is 12.9. The summed E-state index contributed by atoms with van der Waals surface area (Å²) >= 11 is 0. The topological polar surface area (TPSA) is 78.9 Å². The molecule has 0 rings (SSSR count). The average Bonchev–Trinajstić information content (AvgIpc) is 3.36. The summed E-state index contributed by atoms with van der Waals surface area (Å²) in [5, 5.41) is 0. The summed E-state index contributed by atoms with van der Waals surface area (Å²) in [6.07, 6.45) is 77.9. The fourth-order valence-electron chi connectivity index (χ4n) is 7.71. The van der Waals surface area contributed by atoms with Crippen molar-refractivity contribution in [3.05, 3.63) is 109 Å². The number of carbonyl (C=O) groups excluding carboxylic acids is 3. The summed E-state index contributed by atoms with van der Waals surface area (Å²) in [5.41, 5.74) is 0. The molecular formula is C64H106O6. The Morgan fingerprint density at radius 2 is 0.557 bits per heavy atom. The van der Waals surface area contributed by atoms with Crippen molar-refractivity contribution in [2.24, 2.45) is 0 Å². The molecular weight excluding hydrogens is 865 g/mol. The van der Waals surface area contributed by atoms with E-state index in [4.69, 9.17) is 14.2 Å². The van der Waals surface area contributed by atoms with Gasteiger partial charge in [-0.2, -0.15) is 0 Å². The molecule has 0 aliphatic carbocycles. The maximum Gasteiger partial charge on any atom is 0.306 e. The number of unbranched alkanes of at least 4 members (excludes halogenated alkanes) is 22. The standard InChI is InChI=1S/C64H106O6/c1-4-7-10-13-16-19-22-25-28-31-34-36-39-42-45-48-51-54-57-63(66)69-60-61(70-64(67)58-55-52-49-46-43-40-37-33-30-27-24-21-18-15-12-9-6-3)59-68-62(65)56-53-50-47-44-41-38-35-32-29-26-23-20-17-14-11-8-5-2/h8-9,11-12,17-18,20-21,26-31,35,37-38,40,61H,4-7,10,13-16,19,22-25,32-34,36,39,41-60H2,1-3H3/b11-8-,12-9-,20-17-,21-18-,29-26-,30-27-,31-28-,38-35-,40-37-. The second-order valence-corrected chi connectivity index (χ2v) is 18.8. The molecule has 0 N–H and O–H groups in total. The van der Waals surface area contributed by atoms with E-state index in [1.807, 2.05) is 0 Å². The third-order valence-electron chi connectivity index (χ3n) is 12.0. The minimum absolute atomic E-state index is 0.0997. The molecule has 6 nitrogen and oxygen atoms in total. The summed E-state index contributed by atoms with van der Waals surface area (Å²) in [6.45, 7) is 6.37. The Morgan fingerprint density at radius 1 is 0.300 bits per heavy atom. The molecule has 0 bridgehead atoms. The number of hydrogen-bond donors (Lipinski definition) is 0. The zero-order chi connectivity index (χ0) is 50.7. The third kappa shape index (κ3) is 55.0. The van der Waals surface area contributed by atoms with Crippen molar-refractivity contribution in [1.82, 2.24) is 0 Å². The lowest BCUT2D eigenvalue weighted by Crippen LogP contribution is -2.30. The van der Waals surface area contributed by atoms with Crippen LogP contribution in [0.5, 0.6) is 0 Å². The highest BCUT2D eigenvalue weighted by atomic mass is 16.6. The largest absolute Gasteiger partial charge is 0.462 e. The summed E-state index contributed by atoms with van der Waals surface area (Å²) in [7, 11) is 0. The van der Waals surface area contributed by atoms with Crippen molar-refractivity contribution in [1.29, 1.82) is 0 Å². The van der Waals surface area contributed by atoms with Crippen molar-refractivity contribution in [2.75, 3.05) is 13.2 Å². The molecule has 0 aromatic rings. The number of rotatable bonds is 51. The number of hydrogen-bond acceptors (Lipinski definition) is 6. The van der Waals surface area contributed by atoms with Gasteiger partial charge in [-0.05, 0) is 122 Å². The first-order chi connectivity index (χ1) is 34.5. The summed E-state index contributed by atoms with van der Waals surface area (Å²) in [5.74, 6) is -0.951. The van der Waals surface area contributed by atoms with Gasteiger partial charge in [0, 0.05) is 19.3 Å². The molecule has 6 heteroatoms. The highest BCUT2D eigenvalue weighted by molar-refractivity contribution is 5.71. The van der Waals surface area contributed by atoms with Crippen LogP contribution in [-0.4, -0.2) is 37.2 Å². The van der Waals surface area contributed by atoms with E-state index in [1.165, 1.54) is 83.5 Å². The molecule has 0 saturated carbocycles. The molecule has 70 heavy (non-hydrogen) atoms. The van der Waals surface area contributed by atoms with Crippen LogP contribution >= 0.6 is 0 Å². The fraction of sp³-hybridized carbons (Fsp3) is 0.672. The van der Waals surface area contributed by atoms with Gasteiger partial charge in [0.15, 0.2) is 6.10 Å². The first-order valence-corrected chi connectivity index (χ1v) is 28.9. The van der Waals surface area contributed by atoms with Gasteiger partial charge < -0.3 is 14.2 Å². The molecule has 0 spiro atoms. The summed E-state index contributed by atoms with van der Waals surface area (Å²) < 4.78 is 16.8. The van der Waals surface area contributed by atoms with E-state index < -0.39 is 6.10 Å². The molecule has 0 saturated heterocycles. The van der Waals surface area contributed by atoms with E-state index in [2.05, 4.69) is 130 Å². The van der Waals surface area contributed by atoms with E-state index in [0.29, 0.717) is 19.3 Å². The zero-order valence-corrected chi connectivity index (χ0v) is 45.5. The van der Waals surface area contributed by atoms with Gasteiger partial charge in [-0.3, -0.25) is 14.4 Å². The van der Waals surface area contributed by atoms with Crippen molar-refractivity contribution < 1.29 is 28.6 Å². The molecule has 0 aromatic carbocycles. The quantitative estimate of drug-likeness (QED) is 0.0262. The van der Waals surface area contributed by atoms with E-state index in [0.717, 1.165) is 135 Å². The average molecular weight is 972 g/mol. The normalized spacial score (nSPS) is 12.9. The highest BCUT2D eigenvalue weighted by Gasteiger charge is 2.19. The Morgan fingerprint density at radius 3 is 0.886 bits per heavy atom. The van der Waals surface area contributed by atoms with Crippen LogP contribution in [0, 0.1) is 0 Å². The molecule has 0 aromatic heterocycles. The van der Waals surface area contributed by atoms with E-state index in [9.17, 15) is 14.4 Å². The molecule has 0 fully saturated rings. The fourth-order valence-corrected chi connectivity index (χ4v) is 7.71. The Hall–Kier alpha value is -3.93. The lowest BCUT2D eigenvalue weighted by atomic mass is 10.1. The van der Waals surface area contributed by atoms with E-state index in [-0.39, 0.29) is 31.1 Å². The Labute approximate surface area is 431 Å². The van der Waals surface area contributed by atoms with Gasteiger partial charge in [0.1, 0.15) is 13.2 Å².